The van der Waals surface area contributed by atoms with Crippen LogP contribution in [0.5, 0.6) is 0 Å². The number of halogens is 3. The molecule has 4 N–H and O–H groups in total. The van der Waals surface area contributed by atoms with E-state index in [-0.39, 0.29) is 35.4 Å². The van der Waals surface area contributed by atoms with Crippen LogP contribution in [0.1, 0.15) is 66.7 Å². The van der Waals surface area contributed by atoms with Gasteiger partial charge in [-0.2, -0.15) is 13.2 Å². The maximum absolute atomic E-state index is 13.1. The lowest BCUT2D eigenvalue weighted by Crippen LogP contribution is -2.59. The topological polar surface area (TPSA) is 162 Å². The molecule has 1 saturated heterocycles. The quantitative estimate of drug-likeness (QED) is 0.281. The molecule has 1 unspecified atom stereocenters. The summed E-state index contributed by atoms with van der Waals surface area (Å²) >= 11 is 0. The van der Waals surface area contributed by atoms with Gasteiger partial charge < -0.3 is 21.1 Å². The van der Waals surface area contributed by atoms with Gasteiger partial charge in [-0.15, -0.1) is 0 Å². The number of aliphatic carboxylic acids is 1. The number of amides is 4. The molecule has 0 saturated carbocycles. The molecular formula is C25H31F3N4O7. The molecule has 1 aromatic rings. The summed E-state index contributed by atoms with van der Waals surface area (Å²) in [5.74, 6) is -6.60. The van der Waals surface area contributed by atoms with Gasteiger partial charge in [0.2, 0.25) is 5.91 Å². The van der Waals surface area contributed by atoms with E-state index in [0.29, 0.717) is 25.8 Å². The van der Waals surface area contributed by atoms with Gasteiger partial charge in [-0.25, -0.2) is 0 Å². The van der Waals surface area contributed by atoms with E-state index in [4.69, 9.17) is 5.11 Å². The minimum absolute atomic E-state index is 0.0124. The van der Waals surface area contributed by atoms with Gasteiger partial charge in [0.25, 0.3) is 23.5 Å². The summed E-state index contributed by atoms with van der Waals surface area (Å²) in [6.45, 7) is 2.67. The van der Waals surface area contributed by atoms with Crippen molar-refractivity contribution in [1.29, 1.82) is 0 Å². The van der Waals surface area contributed by atoms with E-state index in [0.717, 1.165) is 6.92 Å². The number of ketones is 1. The lowest BCUT2D eigenvalue weighted by Gasteiger charge is -2.31. The van der Waals surface area contributed by atoms with E-state index in [1.165, 1.54) is 31.2 Å². The van der Waals surface area contributed by atoms with Crippen LogP contribution in [0.15, 0.2) is 24.3 Å². The summed E-state index contributed by atoms with van der Waals surface area (Å²) in [5.41, 5.74) is 0.247. The van der Waals surface area contributed by atoms with E-state index in [2.05, 4.69) is 16.0 Å². The number of unbranched alkanes of at least 4 members (excludes halogenated alkanes) is 1. The molecule has 0 aliphatic carbocycles. The maximum Gasteiger partial charge on any atom is 0.452 e. The number of hydrogen-bond donors (Lipinski definition) is 4. The van der Waals surface area contributed by atoms with Crippen molar-refractivity contribution in [2.75, 3.05) is 13.1 Å². The molecule has 0 radical (unpaired) electrons. The number of hydrogen-bond acceptors (Lipinski definition) is 7. The Morgan fingerprint density at radius 3 is 2.13 bits per heavy atom. The minimum atomic E-state index is -5.28. The molecule has 3 atom stereocenters. The number of carboxylic acid groups (broad SMARTS) is 1. The second kappa shape index (κ2) is 13.8. The fourth-order valence-electron chi connectivity index (χ4n) is 3.94. The van der Waals surface area contributed by atoms with Crippen molar-refractivity contribution >= 4 is 35.4 Å². The SMILES string of the molecule is CC(C(=O)C(F)(F)F)N(C(=O)[C@H](C)NC(=O)c1ccc(C(=O)NCCCCC(=O)O)cc1)C(=O)[C@@H]1CCCN1. The van der Waals surface area contributed by atoms with Crippen LogP contribution in [-0.4, -0.2) is 82.8 Å². The Kier molecular flexibility index (Phi) is 11.1. The average Bonchev–Trinajstić information content (AvgIpc) is 3.42. The summed E-state index contributed by atoms with van der Waals surface area (Å²) in [6, 6.07) is 0.768. The lowest BCUT2D eigenvalue weighted by atomic mass is 10.1. The molecule has 1 aliphatic heterocycles. The van der Waals surface area contributed by atoms with Crippen molar-refractivity contribution in [2.24, 2.45) is 0 Å². The number of carbonyl (C=O) groups excluding carboxylic acids is 5. The minimum Gasteiger partial charge on any atom is -0.481 e. The second-order valence-corrected chi connectivity index (χ2v) is 9.11. The molecular weight excluding hydrogens is 525 g/mol. The van der Waals surface area contributed by atoms with E-state index < -0.39 is 59.7 Å². The summed E-state index contributed by atoms with van der Waals surface area (Å²) in [7, 11) is 0. The molecule has 39 heavy (non-hydrogen) atoms. The van der Waals surface area contributed by atoms with Crippen LogP contribution < -0.4 is 16.0 Å². The fraction of sp³-hybridized carbons (Fsp3) is 0.520. The van der Waals surface area contributed by atoms with Crippen molar-refractivity contribution in [3.05, 3.63) is 35.4 Å². The molecule has 11 nitrogen and oxygen atoms in total. The zero-order valence-electron chi connectivity index (χ0n) is 21.5. The Bertz CT molecular complexity index is 1090. The molecule has 2 rings (SSSR count). The van der Waals surface area contributed by atoms with Gasteiger partial charge in [-0.05, 0) is 70.3 Å². The Balaban J connectivity index is 2.06. The van der Waals surface area contributed by atoms with E-state index in [9.17, 15) is 41.9 Å². The van der Waals surface area contributed by atoms with Crippen LogP contribution in [0.2, 0.25) is 0 Å². The van der Waals surface area contributed by atoms with Crippen LogP contribution >= 0.6 is 0 Å². The number of benzene rings is 1. The standard InChI is InChI=1S/C25H31F3N4O7/c1-14(23(38)32(15(2)20(35)25(26,27)28)24(39)18-6-5-13-29-18)31-22(37)17-10-8-16(9-11-17)21(36)30-12-4-3-7-19(33)34/h8-11,14-15,18,29H,3-7,12-13H2,1-2H3,(H,30,36)(H,31,37)(H,33,34)/t14-,15?,18-/m0/s1. The van der Waals surface area contributed by atoms with Crippen LogP contribution in [0.3, 0.4) is 0 Å². The number of imide groups is 1. The number of carbonyl (C=O) groups is 6. The number of rotatable bonds is 12. The van der Waals surface area contributed by atoms with Crippen molar-refractivity contribution in [2.45, 2.75) is 70.3 Å². The van der Waals surface area contributed by atoms with E-state index in [1.807, 2.05) is 0 Å². The second-order valence-electron chi connectivity index (χ2n) is 9.11. The Morgan fingerprint density at radius 2 is 1.62 bits per heavy atom. The molecule has 1 aromatic carbocycles. The zero-order valence-corrected chi connectivity index (χ0v) is 21.5. The molecule has 4 amide bonds. The van der Waals surface area contributed by atoms with Gasteiger partial charge >= 0.3 is 12.1 Å². The number of alkyl halides is 3. The summed E-state index contributed by atoms with van der Waals surface area (Å²) < 4.78 is 39.3. The normalized spacial score (nSPS) is 16.6. The van der Waals surface area contributed by atoms with Crippen LogP contribution in [-0.2, 0) is 19.2 Å². The first-order chi connectivity index (χ1) is 18.2. The van der Waals surface area contributed by atoms with Gasteiger partial charge in [-0.1, -0.05) is 0 Å². The van der Waals surface area contributed by atoms with Gasteiger partial charge in [0.15, 0.2) is 0 Å². The highest BCUT2D eigenvalue weighted by Crippen LogP contribution is 2.22. The Morgan fingerprint density at radius 1 is 1.03 bits per heavy atom. The third-order valence-electron chi connectivity index (χ3n) is 6.11. The molecule has 1 heterocycles. The fourth-order valence-corrected chi connectivity index (χ4v) is 3.94. The summed E-state index contributed by atoms with van der Waals surface area (Å²) in [6.07, 6.45) is -3.59. The molecule has 1 aliphatic rings. The summed E-state index contributed by atoms with van der Waals surface area (Å²) in [4.78, 5) is 73.5. The van der Waals surface area contributed by atoms with Crippen molar-refractivity contribution in [3.63, 3.8) is 0 Å². The van der Waals surface area contributed by atoms with E-state index >= 15 is 0 Å². The first kappa shape index (κ1) is 31.4. The number of carboxylic acids is 1. The lowest BCUT2D eigenvalue weighted by molar-refractivity contribution is -0.179. The predicted molar refractivity (Wildman–Crippen MR) is 131 cm³/mol. The third kappa shape index (κ3) is 8.87. The summed E-state index contributed by atoms with van der Waals surface area (Å²) in [5, 5.41) is 16.3. The molecule has 14 heteroatoms. The number of nitrogens with one attached hydrogen (secondary N) is 3. The first-order valence-electron chi connectivity index (χ1n) is 12.4. The van der Waals surface area contributed by atoms with Crippen LogP contribution in [0, 0.1) is 0 Å². The average molecular weight is 557 g/mol. The molecule has 0 spiro atoms. The highest BCUT2D eigenvalue weighted by atomic mass is 19.4. The van der Waals surface area contributed by atoms with Crippen LogP contribution in [0.4, 0.5) is 13.2 Å². The number of Topliss-reactive ketones (excluding diaryl/α,β-unsaturated/α-hetero) is 1. The molecule has 0 aromatic heterocycles. The highest BCUT2D eigenvalue weighted by molar-refractivity contribution is 6.07. The van der Waals surface area contributed by atoms with Gasteiger partial charge in [-0.3, -0.25) is 33.7 Å². The van der Waals surface area contributed by atoms with Crippen molar-refractivity contribution in [3.8, 4) is 0 Å². The third-order valence-corrected chi connectivity index (χ3v) is 6.11. The van der Waals surface area contributed by atoms with E-state index in [1.54, 1.807) is 0 Å². The first-order valence-corrected chi connectivity index (χ1v) is 12.4. The largest absolute Gasteiger partial charge is 0.481 e. The van der Waals surface area contributed by atoms with Gasteiger partial charge in [0, 0.05) is 24.1 Å². The van der Waals surface area contributed by atoms with Gasteiger partial charge in [0.05, 0.1) is 6.04 Å². The zero-order chi connectivity index (χ0) is 29.3. The van der Waals surface area contributed by atoms with Gasteiger partial charge in [0.1, 0.15) is 12.1 Å². The van der Waals surface area contributed by atoms with Crippen LogP contribution in [0.25, 0.3) is 0 Å². The smallest absolute Gasteiger partial charge is 0.452 e. The molecule has 0 bridgehead atoms. The Hall–Kier alpha value is -3.81. The molecule has 214 valence electrons. The Labute approximate surface area is 222 Å². The van der Waals surface area contributed by atoms with Crippen molar-refractivity contribution in [1.82, 2.24) is 20.9 Å². The maximum atomic E-state index is 13.1. The number of nitrogens with zero attached hydrogens (tertiary/aromatic N) is 1. The predicted octanol–water partition coefficient (Wildman–Crippen LogP) is 1.42. The highest BCUT2D eigenvalue weighted by Gasteiger charge is 2.48. The van der Waals surface area contributed by atoms with Crippen molar-refractivity contribution < 1.29 is 47.0 Å². The monoisotopic (exact) mass is 556 g/mol. The molecule has 1 fully saturated rings.